The number of hydrogen-bond donors (Lipinski definition) is 0. The molecule has 0 spiro atoms. The van der Waals surface area contributed by atoms with Crippen LogP contribution in [0, 0.1) is 5.92 Å². The van der Waals surface area contributed by atoms with E-state index in [1.807, 2.05) is 10.9 Å². The summed E-state index contributed by atoms with van der Waals surface area (Å²) in [6.07, 6.45) is 2.48. The Hall–Kier alpha value is -0.980. The summed E-state index contributed by atoms with van der Waals surface area (Å²) in [5.74, 6) is 0.878. The minimum atomic E-state index is 0.280. The molecule has 2 aliphatic rings. The second-order valence-electron chi connectivity index (χ2n) is 6.16. The number of ether oxygens (including phenoxy) is 1. The third-order valence-corrected chi connectivity index (χ3v) is 5.51. The molecule has 1 amide bonds. The van der Waals surface area contributed by atoms with E-state index in [0.717, 1.165) is 57.9 Å². The lowest BCUT2D eigenvalue weighted by molar-refractivity contribution is -0.130. The summed E-state index contributed by atoms with van der Waals surface area (Å²) in [5.41, 5.74) is 2.87. The molecule has 3 rings (SSSR count). The monoisotopic (exact) mass is 323 g/mol. The first-order chi connectivity index (χ1) is 10.8. The number of amides is 1. The van der Waals surface area contributed by atoms with E-state index in [2.05, 4.69) is 21.7 Å². The van der Waals surface area contributed by atoms with Crippen molar-refractivity contribution in [3.05, 3.63) is 16.6 Å². The number of carbonyl (C=O) groups excluding carboxylic acids is 1. The minimum absolute atomic E-state index is 0.280. The van der Waals surface area contributed by atoms with Gasteiger partial charge in [-0.05, 0) is 12.3 Å². The van der Waals surface area contributed by atoms with Gasteiger partial charge in [0.1, 0.15) is 0 Å². The highest BCUT2D eigenvalue weighted by atomic mass is 32.1. The van der Waals surface area contributed by atoms with E-state index < -0.39 is 0 Å². The highest BCUT2D eigenvalue weighted by molar-refractivity contribution is 7.07. The van der Waals surface area contributed by atoms with Gasteiger partial charge >= 0.3 is 0 Å². The number of aryl methyl sites for hydroxylation is 1. The van der Waals surface area contributed by atoms with Gasteiger partial charge in [0.25, 0.3) is 0 Å². The van der Waals surface area contributed by atoms with E-state index >= 15 is 0 Å². The van der Waals surface area contributed by atoms with Crippen LogP contribution in [-0.4, -0.2) is 66.1 Å². The van der Waals surface area contributed by atoms with Crippen molar-refractivity contribution in [2.75, 3.05) is 39.4 Å². The van der Waals surface area contributed by atoms with Crippen LogP contribution in [0.1, 0.15) is 25.5 Å². The molecule has 0 radical (unpaired) electrons. The average molecular weight is 323 g/mol. The molecule has 2 saturated heterocycles. The van der Waals surface area contributed by atoms with E-state index in [1.165, 1.54) is 0 Å². The van der Waals surface area contributed by atoms with Gasteiger partial charge in [0, 0.05) is 44.0 Å². The number of nitrogens with zero attached hydrogens (tertiary/aromatic N) is 3. The fourth-order valence-electron chi connectivity index (χ4n) is 3.54. The zero-order chi connectivity index (χ0) is 15.4. The quantitative estimate of drug-likeness (QED) is 0.826. The van der Waals surface area contributed by atoms with Gasteiger partial charge in [-0.2, -0.15) is 0 Å². The third kappa shape index (κ3) is 3.67. The van der Waals surface area contributed by atoms with Gasteiger partial charge < -0.3 is 9.64 Å². The molecule has 6 heteroatoms. The summed E-state index contributed by atoms with van der Waals surface area (Å²) < 4.78 is 5.45. The maximum absolute atomic E-state index is 12.5. The Balaban J connectivity index is 1.54. The van der Waals surface area contributed by atoms with Gasteiger partial charge in [-0.15, -0.1) is 11.3 Å². The summed E-state index contributed by atoms with van der Waals surface area (Å²) in [4.78, 5) is 21.3. The van der Waals surface area contributed by atoms with Crippen LogP contribution in [0.25, 0.3) is 0 Å². The van der Waals surface area contributed by atoms with Gasteiger partial charge in [0.15, 0.2) is 0 Å². The number of hydrogen-bond acceptors (Lipinski definition) is 5. The van der Waals surface area contributed by atoms with Gasteiger partial charge in [-0.3, -0.25) is 9.69 Å². The van der Waals surface area contributed by atoms with Crippen LogP contribution in [0.15, 0.2) is 10.9 Å². The Bertz CT molecular complexity index is 474. The molecule has 2 fully saturated rings. The first-order valence-electron chi connectivity index (χ1n) is 8.24. The molecule has 1 aromatic rings. The number of rotatable bonds is 5. The summed E-state index contributed by atoms with van der Waals surface area (Å²) in [5, 5.41) is 2.03. The van der Waals surface area contributed by atoms with Crippen LogP contribution < -0.4 is 0 Å². The maximum atomic E-state index is 12.5. The summed E-state index contributed by atoms with van der Waals surface area (Å²) in [7, 11) is 0. The zero-order valence-electron chi connectivity index (χ0n) is 13.2. The van der Waals surface area contributed by atoms with Gasteiger partial charge in [0.05, 0.1) is 24.4 Å². The Morgan fingerprint density at radius 2 is 2.23 bits per heavy atom. The van der Waals surface area contributed by atoms with E-state index in [9.17, 15) is 4.79 Å². The molecule has 0 saturated carbocycles. The average Bonchev–Trinajstić information content (AvgIpc) is 3.22. The predicted molar refractivity (Wildman–Crippen MR) is 87.0 cm³/mol. The molecular formula is C16H25N3O2S. The number of carbonyl (C=O) groups is 1. The molecule has 0 aliphatic carbocycles. The fraction of sp³-hybridized carbons (Fsp3) is 0.750. The van der Waals surface area contributed by atoms with Crippen LogP contribution >= 0.6 is 11.3 Å². The lowest BCUT2D eigenvalue weighted by atomic mass is 9.99. The van der Waals surface area contributed by atoms with Crippen LogP contribution in [0.4, 0.5) is 0 Å². The Kier molecular flexibility index (Phi) is 5.44. The summed E-state index contributed by atoms with van der Waals surface area (Å²) in [6.45, 7) is 7.68. The van der Waals surface area contributed by atoms with E-state index in [-0.39, 0.29) is 5.91 Å². The lowest BCUT2D eigenvalue weighted by Gasteiger charge is -2.34. The van der Waals surface area contributed by atoms with Crippen molar-refractivity contribution in [3.8, 4) is 0 Å². The maximum Gasteiger partial charge on any atom is 0.223 e. The number of likely N-dealkylation sites (tertiary alicyclic amines) is 1. The van der Waals surface area contributed by atoms with Gasteiger partial charge in [0.2, 0.25) is 5.91 Å². The molecule has 2 aliphatic heterocycles. The SMILES string of the molecule is CC[C@@H]1CN(C(=O)CCc2cscn2)C[C@@H]1N1CCOCC1. The van der Waals surface area contributed by atoms with E-state index in [1.54, 1.807) is 11.3 Å². The molecular weight excluding hydrogens is 298 g/mol. The summed E-state index contributed by atoms with van der Waals surface area (Å²) >= 11 is 1.59. The lowest BCUT2D eigenvalue weighted by Crippen LogP contribution is -2.47. The number of thiazole rings is 1. The standard InChI is InChI=1S/C16H25N3O2S/c1-2-13-9-19(10-15(13)18-5-7-21-8-6-18)16(20)4-3-14-11-22-12-17-14/h11-13,15H,2-10H2,1H3/t13-,15+/m1/s1. The van der Waals surface area contributed by atoms with Crippen LogP contribution in [0.3, 0.4) is 0 Å². The molecule has 2 atom stereocenters. The topological polar surface area (TPSA) is 45.7 Å². The van der Waals surface area contributed by atoms with Crippen molar-refractivity contribution >= 4 is 17.2 Å². The predicted octanol–water partition coefficient (Wildman–Crippen LogP) is 1.64. The van der Waals surface area contributed by atoms with Crippen LogP contribution in [0.5, 0.6) is 0 Å². The number of morpholine rings is 1. The van der Waals surface area contributed by atoms with Crippen LogP contribution in [-0.2, 0) is 16.0 Å². The zero-order valence-corrected chi connectivity index (χ0v) is 14.1. The number of aromatic nitrogens is 1. The Morgan fingerprint density at radius 3 is 2.91 bits per heavy atom. The van der Waals surface area contributed by atoms with Crippen molar-refractivity contribution in [1.29, 1.82) is 0 Å². The van der Waals surface area contributed by atoms with Crippen molar-refractivity contribution in [3.63, 3.8) is 0 Å². The molecule has 3 heterocycles. The van der Waals surface area contributed by atoms with Crippen molar-refractivity contribution < 1.29 is 9.53 Å². The third-order valence-electron chi connectivity index (χ3n) is 4.88. The first kappa shape index (κ1) is 15.9. The van der Waals surface area contributed by atoms with E-state index in [0.29, 0.717) is 18.4 Å². The molecule has 0 aromatic carbocycles. The summed E-state index contributed by atoms with van der Waals surface area (Å²) in [6, 6.07) is 0.511. The second-order valence-corrected chi connectivity index (χ2v) is 6.88. The highest BCUT2D eigenvalue weighted by Gasteiger charge is 2.37. The highest BCUT2D eigenvalue weighted by Crippen LogP contribution is 2.26. The van der Waals surface area contributed by atoms with Crippen molar-refractivity contribution in [1.82, 2.24) is 14.8 Å². The second kappa shape index (κ2) is 7.53. The van der Waals surface area contributed by atoms with Crippen molar-refractivity contribution in [2.45, 2.75) is 32.2 Å². The first-order valence-corrected chi connectivity index (χ1v) is 9.19. The molecule has 0 bridgehead atoms. The molecule has 22 heavy (non-hydrogen) atoms. The smallest absolute Gasteiger partial charge is 0.223 e. The largest absolute Gasteiger partial charge is 0.379 e. The Labute approximate surface area is 136 Å². The molecule has 122 valence electrons. The normalized spacial score (nSPS) is 26.5. The molecule has 5 nitrogen and oxygen atoms in total. The van der Waals surface area contributed by atoms with Crippen molar-refractivity contribution in [2.24, 2.45) is 5.92 Å². The molecule has 0 N–H and O–H groups in total. The van der Waals surface area contributed by atoms with Gasteiger partial charge in [-0.25, -0.2) is 4.98 Å². The minimum Gasteiger partial charge on any atom is -0.379 e. The molecule has 1 aromatic heterocycles. The van der Waals surface area contributed by atoms with E-state index in [4.69, 9.17) is 4.74 Å². The van der Waals surface area contributed by atoms with Crippen LogP contribution in [0.2, 0.25) is 0 Å². The fourth-order valence-corrected chi connectivity index (χ4v) is 4.13. The van der Waals surface area contributed by atoms with Gasteiger partial charge in [-0.1, -0.05) is 13.3 Å². The molecule has 0 unspecified atom stereocenters. The Morgan fingerprint density at radius 1 is 1.41 bits per heavy atom.